The Morgan fingerprint density at radius 1 is 0.583 bits per heavy atom. The number of halogens is 1. The zero-order chi connectivity index (χ0) is 25.8. The fourth-order valence-corrected chi connectivity index (χ4v) is 5.53. The summed E-state index contributed by atoms with van der Waals surface area (Å²) < 4.78 is 55.2. The summed E-state index contributed by atoms with van der Waals surface area (Å²) >= 11 is 5.90. The van der Waals surface area contributed by atoms with Gasteiger partial charge in [-0.2, -0.15) is 0 Å². The smallest absolute Gasteiger partial charge is 0.261 e. The molecule has 0 spiro atoms. The number of hydrogen-bond acceptors (Lipinski definition) is 5. The van der Waals surface area contributed by atoms with E-state index >= 15 is 0 Å². The lowest BCUT2D eigenvalue weighted by Gasteiger charge is -2.11. The van der Waals surface area contributed by atoms with E-state index in [1.807, 2.05) is 0 Å². The van der Waals surface area contributed by atoms with Crippen LogP contribution in [0.15, 0.2) is 113 Å². The van der Waals surface area contributed by atoms with E-state index in [4.69, 9.17) is 11.6 Å². The van der Waals surface area contributed by atoms with Crippen LogP contribution < -0.4 is 14.8 Å². The Morgan fingerprint density at radius 3 is 1.75 bits per heavy atom. The molecule has 4 aromatic carbocycles. The normalized spacial score (nSPS) is 11.5. The van der Waals surface area contributed by atoms with Crippen molar-refractivity contribution >= 4 is 54.6 Å². The third kappa shape index (κ3) is 6.22. The Morgan fingerprint density at radius 2 is 1.14 bits per heavy atom. The number of amides is 1. The standard InChI is InChI=1S/C25H20ClN3O5S2/c26-19-7-5-9-22(17-19)29-36(33,34)24-14-12-20(13-15-24)27-25(30)18-6-4-8-21(16-18)28-35(31,32)23-10-2-1-3-11-23/h1-17,28-29H,(H,27,30). The molecule has 4 aromatic rings. The van der Waals surface area contributed by atoms with Crippen molar-refractivity contribution in [2.75, 3.05) is 14.8 Å². The van der Waals surface area contributed by atoms with Crippen LogP contribution in [0.3, 0.4) is 0 Å². The Hall–Kier alpha value is -3.86. The molecule has 0 saturated heterocycles. The predicted octanol–water partition coefficient (Wildman–Crippen LogP) is 5.19. The van der Waals surface area contributed by atoms with Gasteiger partial charge in [0.05, 0.1) is 15.5 Å². The lowest BCUT2D eigenvalue weighted by Crippen LogP contribution is -2.15. The predicted molar refractivity (Wildman–Crippen MR) is 140 cm³/mol. The van der Waals surface area contributed by atoms with E-state index in [-0.39, 0.29) is 21.0 Å². The second kappa shape index (κ2) is 10.4. The maximum Gasteiger partial charge on any atom is 0.261 e. The van der Waals surface area contributed by atoms with E-state index < -0.39 is 26.0 Å². The van der Waals surface area contributed by atoms with Gasteiger partial charge in [-0.1, -0.05) is 41.9 Å². The molecule has 0 atom stereocenters. The van der Waals surface area contributed by atoms with Gasteiger partial charge in [-0.3, -0.25) is 14.2 Å². The van der Waals surface area contributed by atoms with Crippen LogP contribution in [-0.4, -0.2) is 22.7 Å². The first-order valence-corrected chi connectivity index (χ1v) is 13.8. The van der Waals surface area contributed by atoms with Gasteiger partial charge in [-0.05, 0) is 72.8 Å². The van der Waals surface area contributed by atoms with Crippen molar-refractivity contribution in [3.63, 3.8) is 0 Å². The van der Waals surface area contributed by atoms with Gasteiger partial charge in [0.2, 0.25) is 0 Å². The minimum atomic E-state index is -3.86. The Balaban J connectivity index is 1.45. The molecular weight excluding hydrogens is 522 g/mol. The lowest BCUT2D eigenvalue weighted by atomic mass is 10.2. The summed E-state index contributed by atoms with van der Waals surface area (Å²) in [6.07, 6.45) is 0. The number of sulfonamides is 2. The molecule has 0 aromatic heterocycles. The van der Waals surface area contributed by atoms with Crippen LogP contribution in [0.1, 0.15) is 10.4 Å². The lowest BCUT2D eigenvalue weighted by molar-refractivity contribution is 0.102. The highest BCUT2D eigenvalue weighted by Gasteiger charge is 2.16. The Kier molecular flexibility index (Phi) is 7.30. The van der Waals surface area contributed by atoms with E-state index in [0.29, 0.717) is 16.4 Å². The van der Waals surface area contributed by atoms with Crippen LogP contribution in [0.2, 0.25) is 5.02 Å². The highest BCUT2D eigenvalue weighted by molar-refractivity contribution is 7.93. The monoisotopic (exact) mass is 541 g/mol. The van der Waals surface area contributed by atoms with Gasteiger partial charge in [0.25, 0.3) is 26.0 Å². The number of carbonyl (C=O) groups is 1. The number of rotatable bonds is 8. The summed E-state index contributed by atoms with van der Waals surface area (Å²) in [5.74, 6) is -0.497. The third-order valence-corrected chi connectivity index (χ3v) is 7.96. The van der Waals surface area contributed by atoms with Gasteiger partial charge in [0.15, 0.2) is 0 Å². The van der Waals surface area contributed by atoms with Gasteiger partial charge in [0, 0.05) is 22.0 Å². The molecule has 0 saturated carbocycles. The molecular formula is C25H20ClN3O5S2. The second-order valence-electron chi connectivity index (χ2n) is 7.59. The van der Waals surface area contributed by atoms with E-state index in [9.17, 15) is 21.6 Å². The molecule has 0 heterocycles. The zero-order valence-corrected chi connectivity index (χ0v) is 20.9. The van der Waals surface area contributed by atoms with Crippen molar-refractivity contribution in [1.29, 1.82) is 0 Å². The molecule has 0 aliphatic heterocycles. The highest BCUT2D eigenvalue weighted by Crippen LogP contribution is 2.22. The molecule has 11 heteroatoms. The number of nitrogens with one attached hydrogen (secondary N) is 3. The van der Waals surface area contributed by atoms with Crippen molar-refractivity contribution < 1.29 is 21.6 Å². The van der Waals surface area contributed by atoms with Gasteiger partial charge in [-0.15, -0.1) is 0 Å². The van der Waals surface area contributed by atoms with Crippen LogP contribution in [-0.2, 0) is 20.0 Å². The maximum atomic E-state index is 12.7. The topological polar surface area (TPSA) is 121 Å². The SMILES string of the molecule is O=C(Nc1ccc(S(=O)(=O)Nc2cccc(Cl)c2)cc1)c1cccc(NS(=O)(=O)c2ccccc2)c1. The van der Waals surface area contributed by atoms with Gasteiger partial charge < -0.3 is 5.32 Å². The minimum absolute atomic E-state index is 0.00205. The Bertz CT molecular complexity index is 1610. The first-order valence-electron chi connectivity index (χ1n) is 10.5. The zero-order valence-electron chi connectivity index (χ0n) is 18.6. The molecule has 0 fully saturated rings. The molecule has 1 amide bonds. The van der Waals surface area contributed by atoms with Crippen molar-refractivity contribution in [2.45, 2.75) is 9.79 Å². The van der Waals surface area contributed by atoms with Crippen molar-refractivity contribution in [2.24, 2.45) is 0 Å². The largest absolute Gasteiger partial charge is 0.322 e. The molecule has 0 unspecified atom stereocenters. The molecule has 184 valence electrons. The number of benzene rings is 4. The fraction of sp³-hybridized carbons (Fsp3) is 0. The fourth-order valence-electron chi connectivity index (χ4n) is 3.22. The van der Waals surface area contributed by atoms with Crippen molar-refractivity contribution in [3.8, 4) is 0 Å². The number of hydrogen-bond donors (Lipinski definition) is 3. The maximum absolute atomic E-state index is 12.7. The van der Waals surface area contributed by atoms with Crippen molar-refractivity contribution in [1.82, 2.24) is 0 Å². The molecule has 36 heavy (non-hydrogen) atoms. The first kappa shape index (κ1) is 25.2. The quantitative estimate of drug-likeness (QED) is 0.283. The molecule has 0 bridgehead atoms. The molecule has 0 aliphatic carbocycles. The van der Waals surface area contributed by atoms with E-state index in [1.165, 1.54) is 60.7 Å². The summed E-state index contributed by atoms with van der Waals surface area (Å²) in [7, 11) is -7.67. The van der Waals surface area contributed by atoms with Crippen molar-refractivity contribution in [3.05, 3.63) is 114 Å². The van der Waals surface area contributed by atoms with Gasteiger partial charge in [0.1, 0.15) is 0 Å². The van der Waals surface area contributed by atoms with Gasteiger partial charge >= 0.3 is 0 Å². The summed E-state index contributed by atoms with van der Waals surface area (Å²) in [4.78, 5) is 12.8. The average Bonchev–Trinajstić information content (AvgIpc) is 2.84. The van der Waals surface area contributed by atoms with Gasteiger partial charge in [-0.25, -0.2) is 16.8 Å². The van der Waals surface area contributed by atoms with Crippen LogP contribution in [0.25, 0.3) is 0 Å². The summed E-state index contributed by atoms with van der Waals surface area (Å²) in [5, 5.41) is 3.06. The molecule has 0 aliphatic rings. The summed E-state index contributed by atoms with van der Waals surface area (Å²) in [5.41, 5.74) is 1.11. The highest BCUT2D eigenvalue weighted by atomic mass is 35.5. The van der Waals surface area contributed by atoms with Crippen LogP contribution in [0.5, 0.6) is 0 Å². The van der Waals surface area contributed by atoms with E-state index in [0.717, 1.165) is 0 Å². The number of carbonyl (C=O) groups excluding carboxylic acids is 1. The Labute approximate surface area is 214 Å². The average molecular weight is 542 g/mol. The summed E-state index contributed by atoms with van der Waals surface area (Å²) in [6.45, 7) is 0. The molecule has 4 rings (SSSR count). The molecule has 3 N–H and O–H groups in total. The first-order chi connectivity index (χ1) is 17.1. The second-order valence-corrected chi connectivity index (χ2v) is 11.4. The third-order valence-electron chi connectivity index (χ3n) is 4.93. The minimum Gasteiger partial charge on any atom is -0.322 e. The van der Waals surface area contributed by atoms with Crippen LogP contribution >= 0.6 is 11.6 Å². The number of anilines is 3. The van der Waals surface area contributed by atoms with E-state index in [1.54, 1.807) is 42.5 Å². The van der Waals surface area contributed by atoms with Crippen LogP contribution in [0.4, 0.5) is 17.1 Å². The van der Waals surface area contributed by atoms with Crippen LogP contribution in [0, 0.1) is 0 Å². The van der Waals surface area contributed by atoms with E-state index in [2.05, 4.69) is 14.8 Å². The summed E-state index contributed by atoms with van der Waals surface area (Å²) in [6, 6.07) is 25.8. The molecule has 8 nitrogen and oxygen atoms in total. The molecule has 0 radical (unpaired) electrons.